The molecule has 0 spiro atoms. The number of halogens is 6. The summed E-state index contributed by atoms with van der Waals surface area (Å²) >= 11 is 4.97. The van der Waals surface area contributed by atoms with Crippen LogP contribution in [0.2, 0.25) is 0 Å². The minimum absolute atomic E-state index is 0.0283. The van der Waals surface area contributed by atoms with Crippen molar-refractivity contribution < 1.29 is 36.0 Å². The van der Waals surface area contributed by atoms with Crippen molar-refractivity contribution in [2.24, 2.45) is 0 Å². The lowest BCUT2D eigenvalue weighted by atomic mass is 10.1. The number of hydrogen-bond donors (Lipinski definition) is 3. The molecule has 1 aromatic carbocycles. The Balaban J connectivity index is 1.91. The molecule has 0 bridgehead atoms. The van der Waals surface area contributed by atoms with Gasteiger partial charge in [0.05, 0.1) is 30.9 Å². The summed E-state index contributed by atoms with van der Waals surface area (Å²) in [7, 11) is 0. The van der Waals surface area contributed by atoms with Gasteiger partial charge < -0.3 is 20.3 Å². The number of morpholine rings is 1. The van der Waals surface area contributed by atoms with E-state index in [1.807, 2.05) is 0 Å². The third-order valence-corrected chi connectivity index (χ3v) is 4.28. The molecule has 1 heterocycles. The fourth-order valence-corrected chi connectivity index (χ4v) is 2.87. The Morgan fingerprint density at radius 3 is 2.07 bits per heavy atom. The van der Waals surface area contributed by atoms with E-state index in [1.165, 1.54) is 4.90 Å². The number of anilines is 1. The summed E-state index contributed by atoms with van der Waals surface area (Å²) in [5.41, 5.74) is -3.15. The van der Waals surface area contributed by atoms with E-state index in [-0.39, 0.29) is 16.9 Å². The van der Waals surface area contributed by atoms with Crippen LogP contribution in [0.5, 0.6) is 0 Å². The number of ether oxygens (including phenoxy) is 1. The molecule has 1 fully saturated rings. The predicted octanol–water partition coefficient (Wildman–Crippen LogP) is 2.32. The third kappa shape index (κ3) is 7.15. The Labute approximate surface area is 157 Å². The molecule has 27 heavy (non-hydrogen) atoms. The SMILES string of the molecule is FC(F)(F)c1cc(NC(=S)NCCC[NH+]2CCOCC2)cc(C(F)(F)F)c1. The number of thiocarbonyl (C=S) groups is 1. The summed E-state index contributed by atoms with van der Waals surface area (Å²) in [5.74, 6) is 0. The van der Waals surface area contributed by atoms with Gasteiger partial charge in [0.25, 0.3) is 0 Å². The van der Waals surface area contributed by atoms with Crippen LogP contribution in [0.25, 0.3) is 0 Å². The first-order valence-electron chi connectivity index (χ1n) is 8.31. The van der Waals surface area contributed by atoms with Crippen LogP contribution in [0.15, 0.2) is 18.2 Å². The van der Waals surface area contributed by atoms with E-state index in [4.69, 9.17) is 17.0 Å². The molecule has 2 rings (SSSR count). The summed E-state index contributed by atoms with van der Waals surface area (Å²) in [5, 5.41) is 5.17. The second-order valence-electron chi connectivity index (χ2n) is 6.14. The third-order valence-electron chi connectivity index (χ3n) is 4.04. The second kappa shape index (κ2) is 9.07. The number of alkyl halides is 6. The molecule has 0 radical (unpaired) electrons. The van der Waals surface area contributed by atoms with Gasteiger partial charge in [-0.15, -0.1) is 0 Å². The Bertz CT molecular complexity index is 612. The highest BCUT2D eigenvalue weighted by Gasteiger charge is 2.37. The summed E-state index contributed by atoms with van der Waals surface area (Å²) < 4.78 is 82.3. The summed E-state index contributed by atoms with van der Waals surface area (Å²) in [6.07, 6.45) is -9.03. The van der Waals surface area contributed by atoms with Gasteiger partial charge in [-0.3, -0.25) is 0 Å². The van der Waals surface area contributed by atoms with Crippen LogP contribution in [0, 0.1) is 0 Å². The van der Waals surface area contributed by atoms with E-state index < -0.39 is 23.5 Å². The van der Waals surface area contributed by atoms with E-state index in [1.54, 1.807) is 0 Å². The first-order chi connectivity index (χ1) is 12.6. The zero-order valence-corrected chi connectivity index (χ0v) is 15.1. The minimum Gasteiger partial charge on any atom is -0.370 e. The fourth-order valence-electron chi connectivity index (χ4n) is 2.65. The fraction of sp³-hybridized carbons (Fsp3) is 0.562. The van der Waals surface area contributed by atoms with Crippen LogP contribution in [-0.2, 0) is 17.1 Å². The first-order valence-corrected chi connectivity index (χ1v) is 8.72. The van der Waals surface area contributed by atoms with Crippen LogP contribution in [0.1, 0.15) is 17.5 Å². The van der Waals surface area contributed by atoms with Crippen molar-refractivity contribution >= 4 is 23.0 Å². The van der Waals surface area contributed by atoms with Crippen molar-refractivity contribution in [2.75, 3.05) is 44.7 Å². The highest BCUT2D eigenvalue weighted by atomic mass is 32.1. The lowest BCUT2D eigenvalue weighted by molar-refractivity contribution is -0.908. The van der Waals surface area contributed by atoms with Crippen molar-refractivity contribution in [3.63, 3.8) is 0 Å². The molecule has 0 aromatic heterocycles. The van der Waals surface area contributed by atoms with E-state index in [0.29, 0.717) is 31.9 Å². The molecule has 3 N–H and O–H groups in total. The average Bonchev–Trinajstić information content (AvgIpc) is 2.58. The molecule has 0 aliphatic carbocycles. The van der Waals surface area contributed by atoms with Crippen LogP contribution in [0.4, 0.5) is 32.0 Å². The van der Waals surface area contributed by atoms with Crippen molar-refractivity contribution in [1.29, 1.82) is 0 Å². The zero-order chi connectivity index (χ0) is 20.1. The lowest BCUT2D eigenvalue weighted by Gasteiger charge is -2.23. The number of quaternary nitrogens is 1. The van der Waals surface area contributed by atoms with E-state index in [9.17, 15) is 26.3 Å². The molecule has 0 saturated carbocycles. The molecule has 0 unspecified atom stereocenters. The van der Waals surface area contributed by atoms with Gasteiger partial charge in [-0.05, 0) is 30.4 Å². The first kappa shape index (κ1) is 21.7. The van der Waals surface area contributed by atoms with Crippen LogP contribution in [0.3, 0.4) is 0 Å². The van der Waals surface area contributed by atoms with Crippen molar-refractivity contribution in [3.8, 4) is 0 Å². The Morgan fingerprint density at radius 2 is 1.56 bits per heavy atom. The molecule has 0 amide bonds. The minimum atomic E-state index is -4.90. The molecule has 152 valence electrons. The molecule has 11 heteroatoms. The van der Waals surface area contributed by atoms with E-state index in [0.717, 1.165) is 26.1 Å². The zero-order valence-electron chi connectivity index (χ0n) is 14.3. The maximum absolute atomic E-state index is 12.8. The van der Waals surface area contributed by atoms with Gasteiger partial charge in [0.15, 0.2) is 5.11 Å². The van der Waals surface area contributed by atoms with Crippen LogP contribution in [-0.4, -0.2) is 44.5 Å². The van der Waals surface area contributed by atoms with Gasteiger partial charge in [-0.25, -0.2) is 0 Å². The number of nitrogens with one attached hydrogen (secondary N) is 3. The summed E-state index contributed by atoms with van der Waals surface area (Å²) in [4.78, 5) is 1.38. The molecule has 0 atom stereocenters. The van der Waals surface area contributed by atoms with Crippen molar-refractivity contribution in [3.05, 3.63) is 29.3 Å². The highest BCUT2D eigenvalue weighted by molar-refractivity contribution is 7.80. The Hall–Kier alpha value is -1.59. The molecule has 1 aromatic rings. The van der Waals surface area contributed by atoms with Gasteiger partial charge in [0, 0.05) is 18.7 Å². The molecule has 1 aliphatic rings. The second-order valence-corrected chi connectivity index (χ2v) is 6.55. The van der Waals surface area contributed by atoms with Crippen LogP contribution >= 0.6 is 12.2 Å². The molecule has 4 nitrogen and oxygen atoms in total. The maximum atomic E-state index is 12.8. The average molecular weight is 416 g/mol. The molecule has 1 aliphatic heterocycles. The molecular weight excluding hydrogens is 396 g/mol. The van der Waals surface area contributed by atoms with Gasteiger partial charge in [-0.1, -0.05) is 0 Å². The van der Waals surface area contributed by atoms with Crippen molar-refractivity contribution in [2.45, 2.75) is 18.8 Å². The highest BCUT2D eigenvalue weighted by Crippen LogP contribution is 2.37. The number of benzene rings is 1. The van der Waals surface area contributed by atoms with Crippen LogP contribution < -0.4 is 15.5 Å². The van der Waals surface area contributed by atoms with Crippen molar-refractivity contribution in [1.82, 2.24) is 5.32 Å². The Morgan fingerprint density at radius 1 is 1.00 bits per heavy atom. The number of hydrogen-bond acceptors (Lipinski definition) is 2. The normalized spacial score (nSPS) is 16.2. The quantitative estimate of drug-likeness (QED) is 0.391. The van der Waals surface area contributed by atoms with Gasteiger partial charge in [-0.2, -0.15) is 26.3 Å². The van der Waals surface area contributed by atoms with E-state index in [2.05, 4.69) is 10.6 Å². The predicted molar refractivity (Wildman–Crippen MR) is 91.7 cm³/mol. The summed E-state index contributed by atoms with van der Waals surface area (Å²) in [6, 6.07) is 1.27. The maximum Gasteiger partial charge on any atom is 0.416 e. The number of rotatable bonds is 5. The largest absolute Gasteiger partial charge is 0.416 e. The lowest BCUT2D eigenvalue weighted by Crippen LogP contribution is -3.14. The molecular formula is C16H20F6N3OS+. The summed E-state index contributed by atoms with van der Waals surface area (Å²) in [6.45, 7) is 4.57. The topological polar surface area (TPSA) is 37.7 Å². The van der Waals surface area contributed by atoms with Gasteiger partial charge in [0.2, 0.25) is 0 Å². The van der Waals surface area contributed by atoms with Gasteiger partial charge >= 0.3 is 12.4 Å². The van der Waals surface area contributed by atoms with E-state index >= 15 is 0 Å². The monoisotopic (exact) mass is 416 g/mol. The standard InChI is InChI=1S/C16H19F6N3OS/c17-15(18,19)11-8-12(16(20,21)22)10-13(9-11)24-14(27)23-2-1-3-25-4-6-26-7-5-25/h8-10H,1-7H2,(H2,23,24,27)/p+1. The van der Waals surface area contributed by atoms with Gasteiger partial charge in [0.1, 0.15) is 13.1 Å². The smallest absolute Gasteiger partial charge is 0.370 e. The molecule has 1 saturated heterocycles. The Kier molecular flexibility index (Phi) is 7.29.